The average Bonchev–Trinajstić information content (AvgIpc) is 3.29. The number of fused-ring (bicyclic) bond motifs is 3. The maximum absolute atomic E-state index is 10.8. The van der Waals surface area contributed by atoms with Crippen molar-refractivity contribution >= 4 is 22.7 Å². The lowest BCUT2D eigenvalue weighted by Crippen LogP contribution is -2.53. The maximum Gasteiger partial charge on any atom is 0.135 e. The molecule has 3 atom stereocenters. The van der Waals surface area contributed by atoms with E-state index in [0.29, 0.717) is 35.5 Å². The molecule has 33 heavy (non-hydrogen) atoms. The Morgan fingerprint density at radius 1 is 1.27 bits per heavy atom. The van der Waals surface area contributed by atoms with Gasteiger partial charge in [0.2, 0.25) is 0 Å². The molecule has 1 aromatic carbocycles. The van der Waals surface area contributed by atoms with Crippen molar-refractivity contribution in [3.63, 3.8) is 0 Å². The average molecular weight is 464 g/mol. The third kappa shape index (κ3) is 3.63. The molecule has 1 saturated carbocycles. The summed E-state index contributed by atoms with van der Waals surface area (Å²) in [7, 11) is 0. The van der Waals surface area contributed by atoms with E-state index in [0.717, 1.165) is 23.7 Å². The zero-order chi connectivity index (χ0) is 23.5. The van der Waals surface area contributed by atoms with Gasteiger partial charge in [0.15, 0.2) is 0 Å². The number of hydrogen-bond acceptors (Lipinski definition) is 4. The lowest BCUT2D eigenvalue weighted by Gasteiger charge is -2.56. The lowest BCUT2D eigenvalue weighted by molar-refractivity contribution is 0.0108. The molecule has 176 valence electrons. The highest BCUT2D eigenvalue weighted by molar-refractivity contribution is 7.11. The number of hydrogen-bond donors (Lipinski definition) is 2. The topological polar surface area (TPSA) is 60.2 Å². The summed E-state index contributed by atoms with van der Waals surface area (Å²) in [5, 5.41) is 22.4. The van der Waals surface area contributed by atoms with Crippen molar-refractivity contribution in [1.82, 2.24) is 9.88 Å². The van der Waals surface area contributed by atoms with Gasteiger partial charge < -0.3 is 10.0 Å². The van der Waals surface area contributed by atoms with E-state index in [1.807, 2.05) is 12.3 Å². The van der Waals surface area contributed by atoms with Crippen LogP contribution in [0.25, 0.3) is 5.57 Å². The van der Waals surface area contributed by atoms with Gasteiger partial charge in [-0.1, -0.05) is 52.3 Å². The maximum atomic E-state index is 10.8. The van der Waals surface area contributed by atoms with Gasteiger partial charge in [-0.15, -0.1) is 11.3 Å². The molecule has 1 aliphatic heterocycles. The van der Waals surface area contributed by atoms with Crippen LogP contribution in [0.15, 0.2) is 29.3 Å². The Labute approximate surface area is 202 Å². The standard InChI is InChI=1S/C28H37N3OS/c1-17(2)19-7-9-21-20(13-19)8-10-23-27(4,11-6-12-28(21,23)5)16-31-14-22(32)24(25(31)29)26-30-18(3)15-33-26/h7,9,13,15,17,23,29,32H,6,8,10-12,14,16H2,1-5H3/t23-,27-,28-/m0/s1. The van der Waals surface area contributed by atoms with E-state index >= 15 is 0 Å². The van der Waals surface area contributed by atoms with Crippen LogP contribution in [0.2, 0.25) is 0 Å². The van der Waals surface area contributed by atoms with Crippen molar-refractivity contribution in [3.05, 3.63) is 56.7 Å². The van der Waals surface area contributed by atoms with Crippen molar-refractivity contribution in [1.29, 1.82) is 5.41 Å². The Hall–Kier alpha value is -2.14. The molecule has 4 nitrogen and oxygen atoms in total. The van der Waals surface area contributed by atoms with Gasteiger partial charge in [-0.25, -0.2) is 4.98 Å². The van der Waals surface area contributed by atoms with Gasteiger partial charge in [0, 0.05) is 17.6 Å². The number of aliphatic hydroxyl groups excluding tert-OH is 1. The summed E-state index contributed by atoms with van der Waals surface area (Å²) < 4.78 is 0. The van der Waals surface area contributed by atoms with Crippen molar-refractivity contribution in [3.8, 4) is 0 Å². The molecule has 0 unspecified atom stereocenters. The molecule has 5 rings (SSSR count). The van der Waals surface area contributed by atoms with E-state index in [2.05, 4.69) is 55.8 Å². The molecular formula is C28H37N3OS. The number of aromatic nitrogens is 1. The number of rotatable bonds is 4. The van der Waals surface area contributed by atoms with E-state index < -0.39 is 0 Å². The second-order valence-electron chi connectivity index (χ2n) is 11.4. The first-order valence-corrected chi connectivity index (χ1v) is 13.3. The molecule has 2 aromatic rings. The number of nitrogens with zero attached hydrogens (tertiary/aromatic N) is 2. The molecule has 0 saturated heterocycles. The summed E-state index contributed by atoms with van der Waals surface area (Å²) in [6.45, 7) is 12.7. The summed E-state index contributed by atoms with van der Waals surface area (Å²) in [4.78, 5) is 6.65. The summed E-state index contributed by atoms with van der Waals surface area (Å²) in [5.41, 5.74) is 6.43. The lowest BCUT2D eigenvalue weighted by atomic mass is 9.49. The molecule has 0 bridgehead atoms. The number of aliphatic hydroxyl groups is 1. The normalized spacial score (nSPS) is 29.6. The first-order valence-electron chi connectivity index (χ1n) is 12.4. The SMILES string of the molecule is Cc1csc(C2=C(O)CN(C[C@]3(C)CCC[C@@]4(C)c5ccc(C(C)C)cc5CC[C@@H]34)C2=N)n1. The largest absolute Gasteiger partial charge is 0.510 e. The highest BCUT2D eigenvalue weighted by Gasteiger charge is 2.52. The molecule has 0 amide bonds. The molecule has 2 heterocycles. The van der Waals surface area contributed by atoms with Gasteiger partial charge in [0.25, 0.3) is 0 Å². The first-order chi connectivity index (χ1) is 15.6. The molecule has 0 radical (unpaired) electrons. The molecule has 2 aliphatic carbocycles. The highest BCUT2D eigenvalue weighted by Crippen LogP contribution is 2.57. The first kappa shape index (κ1) is 22.6. The molecule has 1 aromatic heterocycles. The zero-order valence-electron chi connectivity index (χ0n) is 20.7. The van der Waals surface area contributed by atoms with E-state index in [1.54, 1.807) is 11.1 Å². The fourth-order valence-corrected chi connectivity index (χ4v) is 7.95. The minimum Gasteiger partial charge on any atom is -0.510 e. The molecule has 3 aliphatic rings. The summed E-state index contributed by atoms with van der Waals surface area (Å²) in [6.07, 6.45) is 6.00. The number of nitrogens with one attached hydrogen (secondary N) is 1. The monoisotopic (exact) mass is 463 g/mol. The molecular weight excluding hydrogens is 426 g/mol. The smallest absolute Gasteiger partial charge is 0.135 e. The third-order valence-corrected chi connectivity index (χ3v) is 9.71. The van der Waals surface area contributed by atoms with Crippen LogP contribution >= 0.6 is 11.3 Å². The minimum absolute atomic E-state index is 0.113. The van der Waals surface area contributed by atoms with Crippen molar-refractivity contribution in [2.45, 2.75) is 78.1 Å². The summed E-state index contributed by atoms with van der Waals surface area (Å²) >= 11 is 1.52. The quantitative estimate of drug-likeness (QED) is 0.521. The van der Waals surface area contributed by atoms with Crippen molar-refractivity contribution < 1.29 is 5.11 Å². The predicted molar refractivity (Wildman–Crippen MR) is 137 cm³/mol. The second-order valence-corrected chi connectivity index (χ2v) is 12.3. The molecule has 2 N–H and O–H groups in total. The van der Waals surface area contributed by atoms with Gasteiger partial charge in [-0.3, -0.25) is 5.41 Å². The van der Waals surface area contributed by atoms with Crippen molar-refractivity contribution in [2.75, 3.05) is 13.1 Å². The van der Waals surface area contributed by atoms with E-state index in [9.17, 15) is 5.11 Å². The van der Waals surface area contributed by atoms with E-state index in [1.165, 1.54) is 42.6 Å². The highest BCUT2D eigenvalue weighted by atomic mass is 32.1. The minimum atomic E-state index is 0.113. The van der Waals surface area contributed by atoms with E-state index in [-0.39, 0.29) is 10.8 Å². The Kier molecular flexibility index (Phi) is 5.47. The second kappa shape index (κ2) is 7.97. The Morgan fingerprint density at radius 3 is 2.76 bits per heavy atom. The zero-order valence-corrected chi connectivity index (χ0v) is 21.5. The van der Waals surface area contributed by atoms with Crippen LogP contribution in [0.1, 0.15) is 86.7 Å². The predicted octanol–water partition coefficient (Wildman–Crippen LogP) is 6.85. The molecule has 1 fully saturated rings. The fourth-order valence-electron chi connectivity index (χ4n) is 7.09. The number of benzene rings is 1. The van der Waals surface area contributed by atoms with Crippen LogP contribution in [0.5, 0.6) is 0 Å². The van der Waals surface area contributed by atoms with Gasteiger partial charge in [0.05, 0.1) is 12.1 Å². The summed E-state index contributed by atoms with van der Waals surface area (Å²) in [5.74, 6) is 1.88. The van der Waals surface area contributed by atoms with Crippen LogP contribution in [-0.2, 0) is 11.8 Å². The summed E-state index contributed by atoms with van der Waals surface area (Å²) in [6, 6.07) is 7.24. The number of amidine groups is 1. The molecule has 0 spiro atoms. The van der Waals surface area contributed by atoms with Gasteiger partial charge >= 0.3 is 0 Å². The fraction of sp³-hybridized carbons (Fsp3) is 0.571. The third-order valence-electron chi connectivity index (χ3n) is 8.74. The van der Waals surface area contributed by atoms with Crippen LogP contribution in [0, 0.1) is 23.7 Å². The Balaban J connectivity index is 1.42. The Bertz CT molecular complexity index is 1130. The van der Waals surface area contributed by atoms with Crippen LogP contribution in [0.4, 0.5) is 0 Å². The van der Waals surface area contributed by atoms with Crippen LogP contribution < -0.4 is 0 Å². The van der Waals surface area contributed by atoms with Gasteiger partial charge in [-0.05, 0) is 72.0 Å². The number of aryl methyl sites for hydroxylation is 2. The molecule has 5 heteroatoms. The van der Waals surface area contributed by atoms with Gasteiger partial charge in [0.1, 0.15) is 16.6 Å². The van der Waals surface area contributed by atoms with Crippen LogP contribution in [0.3, 0.4) is 0 Å². The van der Waals surface area contributed by atoms with Gasteiger partial charge in [-0.2, -0.15) is 0 Å². The van der Waals surface area contributed by atoms with Crippen LogP contribution in [-0.4, -0.2) is 33.9 Å². The Morgan fingerprint density at radius 2 is 2.06 bits per heavy atom. The number of thiazole rings is 1. The van der Waals surface area contributed by atoms with Crippen molar-refractivity contribution in [2.24, 2.45) is 11.3 Å². The van der Waals surface area contributed by atoms with E-state index in [4.69, 9.17) is 5.41 Å².